The molecule has 2 fully saturated rings. The van der Waals surface area contributed by atoms with Crippen LogP contribution in [0.15, 0.2) is 76.8 Å². The van der Waals surface area contributed by atoms with Crippen LogP contribution in [-0.4, -0.2) is 102 Å². The average Bonchev–Trinajstić information content (AvgIpc) is 4.05. The molecule has 0 aliphatic carbocycles. The van der Waals surface area contributed by atoms with Crippen molar-refractivity contribution in [2.45, 2.75) is 77.0 Å². The number of para-hydroxylation sites is 1. The molecule has 6 heterocycles. The number of amides is 2. The number of nitrogens with zero attached hydrogens (tertiary/aromatic N) is 6. The number of β-amino-alcohol motifs (C(OH)–C–C–N with tert-alkyl or cyclic N) is 1. The Morgan fingerprint density at radius 3 is 2.56 bits per heavy atom. The maximum absolute atomic E-state index is 14.2. The topological polar surface area (TPSA) is 183 Å². The highest BCUT2D eigenvalue weighted by Crippen LogP contribution is 2.35. The molecule has 8 rings (SSSR count). The standard InChI is InChI=1S/C44H50N8O6S/c1-25(2)41(44(56)52-23-31(53)19-37(52)43(55)46-26(3)28-9-11-30(12-10-28)42-27(4)45-24-59-42)39-22-40(50-58-39)57-18-17-51-15-13-29(14-16-51)33-20-36-35(47-33)21-34(48-49-36)32-7-5-6-8-38(32)54/h5-12,20-22,24-26,29,31,37,41,47,53-54H,13-19,23H2,1-4H3,(H,46,55)/t26-,31?,37?,41+/m0/s1. The molecule has 2 aliphatic heterocycles. The van der Waals surface area contributed by atoms with Gasteiger partial charge < -0.3 is 34.7 Å². The van der Waals surface area contributed by atoms with Gasteiger partial charge in [-0.15, -0.1) is 21.5 Å². The predicted molar refractivity (Wildman–Crippen MR) is 224 cm³/mol. The van der Waals surface area contributed by atoms with Gasteiger partial charge in [0.15, 0.2) is 5.76 Å². The number of H-pyrrole nitrogens is 1. The number of carbonyl (C=O) groups excluding carboxylic acids is 2. The molecule has 2 amide bonds. The molecule has 2 saturated heterocycles. The summed E-state index contributed by atoms with van der Waals surface area (Å²) < 4.78 is 11.7. The van der Waals surface area contributed by atoms with Crippen LogP contribution in [0.5, 0.6) is 11.6 Å². The summed E-state index contributed by atoms with van der Waals surface area (Å²) in [5, 5.41) is 36.9. The summed E-state index contributed by atoms with van der Waals surface area (Å²) in [5.74, 6) is -0.295. The summed E-state index contributed by atoms with van der Waals surface area (Å²) in [5.41, 5.74) is 8.92. The zero-order valence-corrected chi connectivity index (χ0v) is 34.5. The normalized spacial score (nSPS) is 18.7. The van der Waals surface area contributed by atoms with E-state index >= 15 is 0 Å². The SMILES string of the molecule is Cc1ncsc1-c1ccc([C@H](C)NC(=O)C2CC(O)CN2C(=O)[C@@H](c2cc(OCCN3CCC(c4cc5nnc(-c6ccccc6O)cc5[nH]4)CC3)no2)C(C)C)cc1. The molecule has 0 bridgehead atoms. The number of aliphatic hydroxyl groups excluding tert-OH is 1. The average molecular weight is 819 g/mol. The minimum atomic E-state index is -0.823. The third-order valence-corrected chi connectivity index (χ3v) is 12.6. The van der Waals surface area contributed by atoms with E-state index < -0.39 is 18.1 Å². The molecule has 59 heavy (non-hydrogen) atoms. The van der Waals surface area contributed by atoms with Gasteiger partial charge in [-0.25, -0.2) is 4.98 Å². The van der Waals surface area contributed by atoms with Gasteiger partial charge in [-0.05, 0) is 86.2 Å². The van der Waals surface area contributed by atoms with E-state index in [9.17, 15) is 19.8 Å². The zero-order chi connectivity index (χ0) is 41.2. The number of fused-ring (bicyclic) bond motifs is 1. The van der Waals surface area contributed by atoms with Crippen molar-refractivity contribution in [1.29, 1.82) is 0 Å². The summed E-state index contributed by atoms with van der Waals surface area (Å²) >= 11 is 1.59. The Morgan fingerprint density at radius 2 is 1.83 bits per heavy atom. The van der Waals surface area contributed by atoms with E-state index in [0.29, 0.717) is 42.0 Å². The number of benzene rings is 2. The van der Waals surface area contributed by atoms with Crippen LogP contribution < -0.4 is 10.1 Å². The molecule has 2 aromatic carbocycles. The highest BCUT2D eigenvalue weighted by atomic mass is 32.1. The second-order valence-corrected chi connectivity index (χ2v) is 16.9. The van der Waals surface area contributed by atoms with Crippen molar-refractivity contribution in [2.24, 2.45) is 5.92 Å². The van der Waals surface area contributed by atoms with E-state index in [2.05, 4.69) is 41.6 Å². The number of ether oxygens (including phenoxy) is 1. The second-order valence-electron chi connectivity index (χ2n) is 16.0. The van der Waals surface area contributed by atoms with Crippen molar-refractivity contribution >= 4 is 34.2 Å². The number of phenolic OH excluding ortho intramolecular Hbond substituents is 1. The van der Waals surface area contributed by atoms with Gasteiger partial charge in [0, 0.05) is 42.8 Å². The molecular weight excluding hydrogens is 769 g/mol. The van der Waals surface area contributed by atoms with E-state index in [1.807, 2.05) is 75.7 Å². The van der Waals surface area contributed by atoms with Crippen molar-refractivity contribution < 1.29 is 29.1 Å². The Kier molecular flexibility index (Phi) is 11.8. The zero-order valence-electron chi connectivity index (χ0n) is 33.7. The maximum atomic E-state index is 14.2. The number of carbonyl (C=O) groups is 2. The van der Waals surface area contributed by atoms with Crippen molar-refractivity contribution in [1.82, 2.24) is 40.4 Å². The van der Waals surface area contributed by atoms with E-state index in [0.717, 1.165) is 64.4 Å². The number of phenols is 1. The molecule has 0 radical (unpaired) electrons. The summed E-state index contributed by atoms with van der Waals surface area (Å²) in [6.45, 7) is 10.7. The number of hydrogen-bond acceptors (Lipinski definition) is 12. The van der Waals surface area contributed by atoms with Gasteiger partial charge in [0.1, 0.15) is 29.8 Å². The highest BCUT2D eigenvalue weighted by molar-refractivity contribution is 7.13. The maximum Gasteiger partial charge on any atom is 0.254 e. The molecule has 4 N–H and O–H groups in total. The van der Waals surface area contributed by atoms with E-state index in [-0.39, 0.29) is 42.5 Å². The molecule has 6 aromatic rings. The van der Waals surface area contributed by atoms with Crippen LogP contribution in [0.3, 0.4) is 0 Å². The molecule has 15 heteroatoms. The summed E-state index contributed by atoms with van der Waals surface area (Å²) in [7, 11) is 0. The minimum absolute atomic E-state index is 0.0561. The number of aliphatic hydroxyl groups is 1. The lowest BCUT2D eigenvalue weighted by Crippen LogP contribution is -2.48. The number of aryl methyl sites for hydroxylation is 1. The number of thiazole rings is 1. The number of hydrogen-bond donors (Lipinski definition) is 4. The Hall–Kier alpha value is -5.64. The fourth-order valence-electron chi connectivity index (χ4n) is 8.34. The van der Waals surface area contributed by atoms with Crippen molar-refractivity contribution in [3.05, 3.63) is 95.0 Å². The lowest BCUT2D eigenvalue weighted by Gasteiger charge is -2.31. The first-order valence-corrected chi connectivity index (χ1v) is 21.2. The number of aromatic nitrogens is 5. The number of likely N-dealkylation sites (tertiary alicyclic amines) is 2. The molecule has 308 valence electrons. The second kappa shape index (κ2) is 17.3. The Morgan fingerprint density at radius 1 is 1.05 bits per heavy atom. The third kappa shape index (κ3) is 8.73. The van der Waals surface area contributed by atoms with Gasteiger partial charge in [0.2, 0.25) is 11.8 Å². The Labute approximate surface area is 346 Å². The lowest BCUT2D eigenvalue weighted by molar-refractivity contribution is -0.141. The Balaban J connectivity index is 0.831. The number of rotatable bonds is 13. The third-order valence-electron chi connectivity index (χ3n) is 11.6. The highest BCUT2D eigenvalue weighted by Gasteiger charge is 2.43. The van der Waals surface area contributed by atoms with Gasteiger partial charge in [-0.2, -0.15) is 0 Å². The molecule has 4 aromatic heterocycles. The van der Waals surface area contributed by atoms with Crippen molar-refractivity contribution in [3.63, 3.8) is 0 Å². The van der Waals surface area contributed by atoms with Gasteiger partial charge in [-0.3, -0.25) is 14.5 Å². The number of aromatic hydroxyl groups is 1. The fraction of sp³-hybridized carbons (Fsp3) is 0.409. The first-order chi connectivity index (χ1) is 28.5. The molecule has 14 nitrogen and oxygen atoms in total. The van der Waals surface area contributed by atoms with E-state index in [4.69, 9.17) is 9.26 Å². The van der Waals surface area contributed by atoms with Crippen molar-refractivity contribution in [2.75, 3.05) is 32.8 Å². The van der Waals surface area contributed by atoms with Crippen LogP contribution in [0.1, 0.15) is 80.6 Å². The molecule has 0 spiro atoms. The predicted octanol–water partition coefficient (Wildman–Crippen LogP) is 6.59. The summed E-state index contributed by atoms with van der Waals surface area (Å²) in [6.07, 6.45) is 1.28. The minimum Gasteiger partial charge on any atom is -0.507 e. The summed E-state index contributed by atoms with van der Waals surface area (Å²) in [4.78, 5) is 40.7. The quantitative estimate of drug-likeness (QED) is 0.0987. The fourth-order valence-corrected chi connectivity index (χ4v) is 9.15. The van der Waals surface area contributed by atoms with Crippen LogP contribution in [0.4, 0.5) is 0 Å². The number of aromatic amines is 1. The number of piperidine rings is 1. The van der Waals surface area contributed by atoms with Crippen LogP contribution in [-0.2, 0) is 9.59 Å². The molecule has 2 aliphatic rings. The van der Waals surface area contributed by atoms with Crippen LogP contribution in [0.25, 0.3) is 32.7 Å². The first kappa shape index (κ1) is 40.2. The summed E-state index contributed by atoms with van der Waals surface area (Å²) in [6, 6.07) is 19.7. The van der Waals surface area contributed by atoms with Gasteiger partial charge in [0.25, 0.3) is 5.88 Å². The largest absolute Gasteiger partial charge is 0.507 e. The smallest absolute Gasteiger partial charge is 0.254 e. The first-order valence-electron chi connectivity index (χ1n) is 20.3. The van der Waals surface area contributed by atoms with Crippen LogP contribution >= 0.6 is 11.3 Å². The number of nitrogens with one attached hydrogen (secondary N) is 2. The van der Waals surface area contributed by atoms with E-state index in [1.165, 1.54) is 4.90 Å². The van der Waals surface area contributed by atoms with Gasteiger partial charge in [-0.1, -0.05) is 50.2 Å². The lowest BCUT2D eigenvalue weighted by atomic mass is 9.91. The molecule has 4 atom stereocenters. The van der Waals surface area contributed by atoms with Crippen LogP contribution in [0, 0.1) is 12.8 Å². The monoisotopic (exact) mass is 818 g/mol. The van der Waals surface area contributed by atoms with Crippen LogP contribution in [0.2, 0.25) is 0 Å². The Bertz CT molecular complexity index is 2400. The van der Waals surface area contributed by atoms with Gasteiger partial charge >= 0.3 is 0 Å². The van der Waals surface area contributed by atoms with Gasteiger partial charge in [0.05, 0.1) is 39.4 Å². The molecule has 2 unspecified atom stereocenters. The van der Waals surface area contributed by atoms with E-state index in [1.54, 1.807) is 29.5 Å². The molecular formula is C44H50N8O6S. The van der Waals surface area contributed by atoms with Crippen molar-refractivity contribution in [3.8, 4) is 33.3 Å². The molecule has 0 saturated carbocycles.